The van der Waals surface area contributed by atoms with Gasteiger partial charge in [-0.3, -0.25) is 0 Å². The van der Waals surface area contributed by atoms with E-state index < -0.39 is 20.3 Å². The fourth-order valence-electron chi connectivity index (χ4n) is 3.75. The highest BCUT2D eigenvalue weighted by Crippen LogP contribution is 2.23. The molecule has 0 aliphatic carbocycles. The van der Waals surface area contributed by atoms with Gasteiger partial charge in [-0.15, -0.1) is 0 Å². The predicted molar refractivity (Wildman–Crippen MR) is 152 cm³/mol. The molecule has 3 aromatic rings. The third kappa shape index (κ3) is 9.32. The van der Waals surface area contributed by atoms with Crippen molar-refractivity contribution in [3.8, 4) is 22.6 Å². The molecule has 0 heterocycles. The Morgan fingerprint density at radius 3 is 1.92 bits per heavy atom. The lowest BCUT2D eigenvalue weighted by atomic mass is 10.1. The number of hydrogen-bond acceptors (Lipinski definition) is 5. The lowest BCUT2D eigenvalue weighted by Gasteiger charge is -2.16. The second-order valence-corrected chi connectivity index (χ2v) is 15.1. The Bertz CT molecular complexity index is 1120. The summed E-state index contributed by atoms with van der Waals surface area (Å²) in [5.41, 5.74) is 2.70. The molecule has 0 bridgehead atoms. The summed E-state index contributed by atoms with van der Waals surface area (Å²) in [6, 6.07) is 23.4. The van der Waals surface area contributed by atoms with Crippen molar-refractivity contribution in [1.29, 1.82) is 0 Å². The van der Waals surface area contributed by atoms with E-state index in [4.69, 9.17) is 14.2 Å². The Labute approximate surface area is 221 Å². The van der Waals surface area contributed by atoms with Crippen molar-refractivity contribution in [3.63, 3.8) is 0 Å². The first-order chi connectivity index (χ1) is 17.8. The van der Waals surface area contributed by atoms with Gasteiger partial charge in [0.15, 0.2) is 6.29 Å². The number of unbranched alkanes of at least 4 members (excludes halogenated alkanes) is 3. The highest BCUT2D eigenvalue weighted by molar-refractivity contribution is 6.88. The molecule has 0 spiro atoms. The van der Waals surface area contributed by atoms with Crippen LogP contribution in [0, 0.1) is 0 Å². The minimum Gasteiger partial charge on any atom is -0.494 e. The van der Waals surface area contributed by atoms with Gasteiger partial charge in [-0.2, -0.15) is 0 Å². The second kappa shape index (κ2) is 13.9. The number of esters is 1. The minimum atomic E-state index is -1.32. The Kier molecular flexibility index (Phi) is 10.7. The van der Waals surface area contributed by atoms with E-state index in [1.165, 1.54) is 11.3 Å². The predicted octanol–water partition coefficient (Wildman–Crippen LogP) is 6.58. The molecule has 0 amide bonds. The number of carbonyl (C=O) groups is 1. The molecular formula is C31H38O5Si. The lowest BCUT2D eigenvalue weighted by molar-refractivity contribution is -0.0649. The van der Waals surface area contributed by atoms with Crippen molar-refractivity contribution >= 4 is 19.2 Å². The number of aliphatic hydroxyl groups excluding tert-OH is 1. The van der Waals surface area contributed by atoms with E-state index in [0.29, 0.717) is 24.5 Å². The zero-order chi connectivity index (χ0) is 26.7. The average Bonchev–Trinajstić information content (AvgIpc) is 2.90. The fourth-order valence-corrected chi connectivity index (χ4v) is 4.92. The van der Waals surface area contributed by atoms with Crippen LogP contribution in [0.2, 0.25) is 19.6 Å². The number of carbonyl (C=O) groups excluding carboxylic acids is 1. The van der Waals surface area contributed by atoms with Crippen molar-refractivity contribution in [2.45, 2.75) is 51.6 Å². The van der Waals surface area contributed by atoms with Gasteiger partial charge in [-0.25, -0.2) is 4.79 Å². The summed E-state index contributed by atoms with van der Waals surface area (Å²) in [6.07, 6.45) is 4.31. The summed E-state index contributed by atoms with van der Waals surface area (Å²) in [6.45, 7) is 11.6. The number of benzene rings is 3. The highest BCUT2D eigenvalue weighted by atomic mass is 28.3. The van der Waals surface area contributed by atoms with Crippen LogP contribution in [0.5, 0.6) is 11.5 Å². The largest absolute Gasteiger partial charge is 0.494 e. The molecular weight excluding hydrogens is 480 g/mol. The molecule has 0 aliphatic heterocycles. The first-order valence-electron chi connectivity index (χ1n) is 12.8. The number of ether oxygens (including phenoxy) is 3. The van der Waals surface area contributed by atoms with Crippen molar-refractivity contribution in [2.75, 3.05) is 13.2 Å². The van der Waals surface area contributed by atoms with Crippen LogP contribution in [0.3, 0.4) is 0 Å². The molecule has 5 nitrogen and oxygen atoms in total. The van der Waals surface area contributed by atoms with Crippen molar-refractivity contribution in [3.05, 3.63) is 91.0 Å². The molecule has 0 aromatic heterocycles. The molecule has 1 N–H and O–H groups in total. The molecule has 0 fully saturated rings. The monoisotopic (exact) mass is 518 g/mol. The zero-order valence-electron chi connectivity index (χ0n) is 22.1. The SMILES string of the molecule is C=CC(O)OCCCCCCOc1ccc(C(=O)Oc2ccc(-c3ccc([Si](C)(C)C)cc3)cc2)cc1. The van der Waals surface area contributed by atoms with Crippen LogP contribution in [0.25, 0.3) is 11.1 Å². The van der Waals surface area contributed by atoms with Gasteiger partial charge >= 0.3 is 5.97 Å². The number of hydrogen-bond donors (Lipinski definition) is 1. The van der Waals surface area contributed by atoms with Gasteiger partial charge in [0.1, 0.15) is 11.5 Å². The summed E-state index contributed by atoms with van der Waals surface area (Å²) in [4.78, 5) is 12.6. The molecule has 37 heavy (non-hydrogen) atoms. The van der Waals surface area contributed by atoms with Crippen molar-refractivity contribution in [2.24, 2.45) is 0 Å². The van der Waals surface area contributed by atoms with Gasteiger partial charge in [-0.1, -0.05) is 74.2 Å². The van der Waals surface area contributed by atoms with E-state index in [9.17, 15) is 9.90 Å². The Morgan fingerprint density at radius 1 is 0.811 bits per heavy atom. The molecule has 196 valence electrons. The van der Waals surface area contributed by atoms with Gasteiger partial charge in [0.25, 0.3) is 0 Å². The summed E-state index contributed by atoms with van der Waals surface area (Å²) in [7, 11) is -1.32. The van der Waals surface area contributed by atoms with Gasteiger partial charge < -0.3 is 19.3 Å². The van der Waals surface area contributed by atoms with Crippen LogP contribution in [0.1, 0.15) is 36.0 Å². The lowest BCUT2D eigenvalue weighted by Crippen LogP contribution is -2.37. The van der Waals surface area contributed by atoms with Crippen LogP contribution in [0.15, 0.2) is 85.5 Å². The van der Waals surface area contributed by atoms with Crippen LogP contribution >= 0.6 is 0 Å². The van der Waals surface area contributed by atoms with Crippen LogP contribution in [0.4, 0.5) is 0 Å². The summed E-state index contributed by atoms with van der Waals surface area (Å²) in [5, 5.41) is 10.7. The third-order valence-electron chi connectivity index (χ3n) is 6.04. The summed E-state index contributed by atoms with van der Waals surface area (Å²) < 4.78 is 16.5. The number of aliphatic hydroxyl groups is 1. The maximum atomic E-state index is 12.6. The van der Waals surface area contributed by atoms with E-state index in [1.54, 1.807) is 24.3 Å². The topological polar surface area (TPSA) is 65.0 Å². The van der Waals surface area contributed by atoms with Gasteiger partial charge in [-0.05, 0) is 72.9 Å². The van der Waals surface area contributed by atoms with Crippen LogP contribution in [-0.2, 0) is 4.74 Å². The highest BCUT2D eigenvalue weighted by Gasteiger charge is 2.16. The fraction of sp³-hybridized carbons (Fsp3) is 0.323. The molecule has 6 heteroatoms. The van der Waals surface area contributed by atoms with Crippen LogP contribution < -0.4 is 14.7 Å². The first kappa shape index (κ1) is 28.4. The van der Waals surface area contributed by atoms with E-state index >= 15 is 0 Å². The Hall–Kier alpha value is -3.19. The molecule has 3 aromatic carbocycles. The molecule has 0 radical (unpaired) electrons. The average molecular weight is 519 g/mol. The second-order valence-electron chi connectivity index (χ2n) is 10.0. The maximum absolute atomic E-state index is 12.6. The Morgan fingerprint density at radius 2 is 1.35 bits per heavy atom. The van der Waals surface area contributed by atoms with Crippen molar-refractivity contribution < 1.29 is 24.1 Å². The van der Waals surface area contributed by atoms with Crippen LogP contribution in [-0.4, -0.2) is 38.7 Å². The molecule has 0 saturated heterocycles. The quantitative estimate of drug-likeness (QED) is 0.0652. The summed E-state index contributed by atoms with van der Waals surface area (Å²) in [5.74, 6) is 0.832. The zero-order valence-corrected chi connectivity index (χ0v) is 23.1. The Balaban J connectivity index is 1.41. The van der Waals surface area contributed by atoms with Crippen molar-refractivity contribution in [1.82, 2.24) is 0 Å². The molecule has 3 rings (SSSR count). The van der Waals surface area contributed by atoms with E-state index in [-0.39, 0.29) is 0 Å². The maximum Gasteiger partial charge on any atom is 0.343 e. The van der Waals surface area contributed by atoms with Gasteiger partial charge in [0, 0.05) is 0 Å². The van der Waals surface area contributed by atoms with E-state index in [1.807, 2.05) is 24.3 Å². The molecule has 1 unspecified atom stereocenters. The molecule has 1 atom stereocenters. The smallest absolute Gasteiger partial charge is 0.343 e. The minimum absolute atomic E-state index is 0.400. The summed E-state index contributed by atoms with van der Waals surface area (Å²) >= 11 is 0. The molecule has 0 aliphatic rings. The first-order valence-corrected chi connectivity index (χ1v) is 16.3. The standard InChI is InChI=1S/C31H38O5Si/c1-5-30(32)35-23-9-7-6-8-22-34-27-16-12-26(13-17-27)31(33)36-28-18-10-24(11-19-28)25-14-20-29(21-15-25)37(2,3)4/h5,10-21,30,32H,1,6-9,22-23H2,2-4H3. The molecule has 0 saturated carbocycles. The van der Waals surface area contributed by atoms with Gasteiger partial charge in [0.2, 0.25) is 0 Å². The normalized spacial score (nSPS) is 12.1. The third-order valence-corrected chi connectivity index (χ3v) is 8.10. The van der Waals surface area contributed by atoms with Gasteiger partial charge in [0.05, 0.1) is 26.9 Å². The van der Waals surface area contributed by atoms with E-state index in [0.717, 1.165) is 42.6 Å². The number of rotatable bonds is 14. The van der Waals surface area contributed by atoms with E-state index in [2.05, 4.69) is 50.5 Å².